The lowest BCUT2D eigenvalue weighted by Crippen LogP contribution is -2.52. The number of hydrogen-bond acceptors (Lipinski definition) is 3. The summed E-state index contributed by atoms with van der Waals surface area (Å²) in [5.74, 6) is -0.544. The van der Waals surface area contributed by atoms with Crippen LogP contribution in [0, 0.1) is 0 Å². The maximum Gasteiger partial charge on any atom is 0.329 e. The molecule has 0 spiro atoms. The third-order valence-electron chi connectivity index (χ3n) is 4.95. The first-order valence-corrected chi connectivity index (χ1v) is 8.71. The molecular formula is C20H23NO4. The van der Waals surface area contributed by atoms with Crippen LogP contribution in [0.2, 0.25) is 0 Å². The summed E-state index contributed by atoms with van der Waals surface area (Å²) >= 11 is 0. The van der Waals surface area contributed by atoms with Crippen molar-refractivity contribution in [1.82, 2.24) is 5.32 Å². The third-order valence-corrected chi connectivity index (χ3v) is 4.95. The van der Waals surface area contributed by atoms with Crippen LogP contribution in [0.5, 0.6) is 0 Å². The summed E-state index contributed by atoms with van der Waals surface area (Å²) in [6, 6.07) is 13.6. The molecule has 0 radical (unpaired) electrons. The van der Waals surface area contributed by atoms with Gasteiger partial charge in [-0.3, -0.25) is 4.79 Å². The second-order valence-corrected chi connectivity index (χ2v) is 6.75. The van der Waals surface area contributed by atoms with Gasteiger partial charge in [0.1, 0.15) is 11.3 Å². The molecule has 1 unspecified atom stereocenters. The maximum atomic E-state index is 12.6. The summed E-state index contributed by atoms with van der Waals surface area (Å²) in [5, 5.41) is 12.3. The largest absolute Gasteiger partial charge is 0.480 e. The molecule has 132 valence electrons. The number of hydrogen-bond donors (Lipinski definition) is 2. The van der Waals surface area contributed by atoms with E-state index in [1.165, 1.54) is 0 Å². The van der Waals surface area contributed by atoms with Crippen molar-refractivity contribution in [3.05, 3.63) is 60.1 Å². The number of carboxylic acid groups (broad SMARTS) is 1. The van der Waals surface area contributed by atoms with Gasteiger partial charge >= 0.3 is 5.97 Å². The molecule has 1 saturated carbocycles. The van der Waals surface area contributed by atoms with Gasteiger partial charge in [0.15, 0.2) is 0 Å². The van der Waals surface area contributed by atoms with Crippen molar-refractivity contribution < 1.29 is 19.1 Å². The van der Waals surface area contributed by atoms with Gasteiger partial charge in [-0.1, -0.05) is 43.2 Å². The molecule has 1 amide bonds. The second-order valence-electron chi connectivity index (χ2n) is 6.75. The van der Waals surface area contributed by atoms with Crippen LogP contribution >= 0.6 is 0 Å². The van der Waals surface area contributed by atoms with E-state index in [0.29, 0.717) is 19.3 Å². The Hall–Kier alpha value is -2.56. The molecule has 1 aromatic heterocycles. The normalized spacial score (nSPS) is 17.1. The predicted molar refractivity (Wildman–Crippen MR) is 93.2 cm³/mol. The van der Waals surface area contributed by atoms with Crippen LogP contribution in [0.3, 0.4) is 0 Å². The van der Waals surface area contributed by atoms with Crippen molar-refractivity contribution in [2.75, 3.05) is 0 Å². The average molecular weight is 341 g/mol. The van der Waals surface area contributed by atoms with Crippen molar-refractivity contribution in [3.8, 4) is 0 Å². The molecule has 1 aliphatic rings. The van der Waals surface area contributed by atoms with E-state index in [9.17, 15) is 14.7 Å². The minimum atomic E-state index is -1.10. The van der Waals surface area contributed by atoms with Gasteiger partial charge < -0.3 is 14.8 Å². The van der Waals surface area contributed by atoms with E-state index in [2.05, 4.69) is 5.32 Å². The Morgan fingerprint density at radius 1 is 1.12 bits per heavy atom. The van der Waals surface area contributed by atoms with Gasteiger partial charge in [0.2, 0.25) is 5.91 Å². The molecule has 0 saturated heterocycles. The van der Waals surface area contributed by atoms with E-state index < -0.39 is 11.5 Å². The highest BCUT2D eigenvalue weighted by atomic mass is 16.4. The zero-order chi connectivity index (χ0) is 17.7. The van der Waals surface area contributed by atoms with E-state index in [4.69, 9.17) is 4.42 Å². The third kappa shape index (κ3) is 4.10. The minimum Gasteiger partial charge on any atom is -0.480 e. The first kappa shape index (κ1) is 17.3. The molecule has 25 heavy (non-hydrogen) atoms. The summed E-state index contributed by atoms with van der Waals surface area (Å²) < 4.78 is 5.51. The fourth-order valence-corrected chi connectivity index (χ4v) is 3.61. The molecule has 5 heteroatoms. The van der Waals surface area contributed by atoms with Crippen LogP contribution in [0.1, 0.15) is 49.3 Å². The second kappa shape index (κ2) is 7.55. The topological polar surface area (TPSA) is 79.5 Å². The summed E-state index contributed by atoms with van der Waals surface area (Å²) in [7, 11) is 0. The number of benzene rings is 1. The number of carbonyl (C=O) groups excluding carboxylic acids is 1. The van der Waals surface area contributed by atoms with Crippen LogP contribution in [0.15, 0.2) is 53.1 Å². The van der Waals surface area contributed by atoms with Crippen molar-refractivity contribution >= 4 is 11.9 Å². The molecule has 1 heterocycles. The predicted octanol–water partition coefficient (Wildman–Crippen LogP) is 3.51. The Kier molecular flexibility index (Phi) is 5.22. The molecule has 5 nitrogen and oxygen atoms in total. The van der Waals surface area contributed by atoms with Crippen LogP contribution in [-0.2, 0) is 16.0 Å². The van der Waals surface area contributed by atoms with Crippen molar-refractivity contribution in [1.29, 1.82) is 0 Å². The molecule has 1 aliphatic carbocycles. The van der Waals surface area contributed by atoms with Crippen molar-refractivity contribution in [2.45, 2.75) is 50.0 Å². The number of rotatable bonds is 7. The zero-order valence-electron chi connectivity index (χ0n) is 14.1. The molecule has 0 bridgehead atoms. The number of amides is 1. The number of aliphatic carboxylic acids is 1. The SMILES string of the molecule is O=C(CC(Cc1ccccc1)c1ccco1)NC1(C(=O)O)CCCC1. The molecule has 3 rings (SSSR count). The lowest BCUT2D eigenvalue weighted by atomic mass is 9.92. The van der Waals surface area contributed by atoms with Gasteiger partial charge in [0, 0.05) is 12.3 Å². The van der Waals surface area contributed by atoms with Gasteiger partial charge in [-0.2, -0.15) is 0 Å². The Balaban J connectivity index is 1.71. The Labute approximate surface area is 147 Å². The average Bonchev–Trinajstić information content (AvgIpc) is 3.27. The lowest BCUT2D eigenvalue weighted by Gasteiger charge is -2.26. The van der Waals surface area contributed by atoms with E-state index in [-0.39, 0.29) is 18.2 Å². The molecule has 1 fully saturated rings. The van der Waals surface area contributed by atoms with Crippen LogP contribution in [-0.4, -0.2) is 22.5 Å². The van der Waals surface area contributed by atoms with Gasteiger partial charge in [0.25, 0.3) is 0 Å². The first-order chi connectivity index (χ1) is 12.1. The van der Waals surface area contributed by atoms with E-state index in [1.807, 2.05) is 36.4 Å². The summed E-state index contributed by atoms with van der Waals surface area (Å²) in [6.07, 6.45) is 5.13. The Morgan fingerprint density at radius 2 is 1.84 bits per heavy atom. The van der Waals surface area contributed by atoms with E-state index >= 15 is 0 Å². The van der Waals surface area contributed by atoms with Gasteiger partial charge in [0.05, 0.1) is 6.26 Å². The molecule has 2 N–H and O–H groups in total. The van der Waals surface area contributed by atoms with Crippen molar-refractivity contribution in [3.63, 3.8) is 0 Å². The zero-order valence-corrected chi connectivity index (χ0v) is 14.1. The summed E-state index contributed by atoms with van der Waals surface area (Å²) in [4.78, 5) is 24.2. The standard InChI is InChI=1S/C20H23NO4/c22-18(21-20(19(23)24)10-4-5-11-20)14-16(17-9-6-12-25-17)13-15-7-2-1-3-8-15/h1-3,6-9,12,16H,4-5,10-11,13-14H2,(H,21,22)(H,23,24). The Bertz CT molecular complexity index is 703. The highest BCUT2D eigenvalue weighted by molar-refractivity contribution is 5.87. The molecule has 2 aromatic rings. The molecule has 1 aromatic carbocycles. The highest BCUT2D eigenvalue weighted by Crippen LogP contribution is 2.31. The number of nitrogens with one attached hydrogen (secondary N) is 1. The highest BCUT2D eigenvalue weighted by Gasteiger charge is 2.42. The van der Waals surface area contributed by atoms with Gasteiger partial charge in [-0.15, -0.1) is 0 Å². The fraction of sp³-hybridized carbons (Fsp3) is 0.400. The van der Waals surface area contributed by atoms with E-state index in [1.54, 1.807) is 12.3 Å². The van der Waals surface area contributed by atoms with Crippen LogP contribution in [0.4, 0.5) is 0 Å². The van der Waals surface area contributed by atoms with Gasteiger partial charge in [-0.05, 0) is 37.0 Å². The number of furan rings is 1. The lowest BCUT2D eigenvalue weighted by molar-refractivity contribution is -0.147. The molecular weight excluding hydrogens is 318 g/mol. The summed E-state index contributed by atoms with van der Waals surface area (Å²) in [5.41, 5.74) is 0.0166. The summed E-state index contributed by atoms with van der Waals surface area (Å²) in [6.45, 7) is 0. The smallest absolute Gasteiger partial charge is 0.329 e. The van der Waals surface area contributed by atoms with Crippen LogP contribution in [0.25, 0.3) is 0 Å². The fourth-order valence-electron chi connectivity index (χ4n) is 3.61. The quantitative estimate of drug-likeness (QED) is 0.808. The monoisotopic (exact) mass is 341 g/mol. The maximum absolute atomic E-state index is 12.6. The van der Waals surface area contributed by atoms with Crippen LogP contribution < -0.4 is 5.32 Å². The van der Waals surface area contributed by atoms with Crippen molar-refractivity contribution in [2.24, 2.45) is 0 Å². The number of carbonyl (C=O) groups is 2. The first-order valence-electron chi connectivity index (χ1n) is 8.71. The van der Waals surface area contributed by atoms with E-state index in [0.717, 1.165) is 24.2 Å². The number of carboxylic acids is 1. The molecule has 0 aliphatic heterocycles. The molecule has 1 atom stereocenters. The Morgan fingerprint density at radius 3 is 2.44 bits per heavy atom. The van der Waals surface area contributed by atoms with Gasteiger partial charge in [-0.25, -0.2) is 4.79 Å². The minimum absolute atomic E-state index is 0.121.